The van der Waals surface area contributed by atoms with Gasteiger partial charge in [0.05, 0.1) is 20.3 Å². The quantitative estimate of drug-likeness (QED) is 0.662. The molecule has 1 aliphatic heterocycles. The van der Waals surface area contributed by atoms with Gasteiger partial charge in [-0.05, 0) is 18.4 Å². The average molecular weight is 401 g/mol. The van der Waals surface area contributed by atoms with E-state index in [1.807, 2.05) is 13.8 Å². The molecule has 27 heavy (non-hydrogen) atoms. The zero-order chi connectivity index (χ0) is 20.2. The first-order valence-electron chi connectivity index (χ1n) is 8.79. The van der Waals surface area contributed by atoms with E-state index in [-0.39, 0.29) is 29.6 Å². The number of methoxy groups -OCH3 is 1. The molecule has 1 N–H and O–H groups in total. The summed E-state index contributed by atoms with van der Waals surface area (Å²) in [5, 5.41) is 2.64. The maximum absolute atomic E-state index is 12.7. The van der Waals surface area contributed by atoms with Gasteiger partial charge in [0.2, 0.25) is 10.0 Å². The molecule has 9 nitrogen and oxygen atoms in total. The van der Waals surface area contributed by atoms with Crippen molar-refractivity contribution >= 4 is 21.9 Å². The number of aromatic nitrogens is 1. The van der Waals surface area contributed by atoms with Crippen molar-refractivity contribution in [1.82, 2.24) is 14.2 Å². The summed E-state index contributed by atoms with van der Waals surface area (Å²) < 4.78 is 38.2. The predicted octanol–water partition coefficient (Wildman–Crippen LogP) is 0.364. The highest BCUT2D eigenvalue weighted by Gasteiger charge is 2.30. The molecule has 0 spiro atoms. The predicted molar refractivity (Wildman–Crippen MR) is 97.7 cm³/mol. The van der Waals surface area contributed by atoms with Crippen molar-refractivity contribution in [3.05, 3.63) is 18.0 Å². The number of nitrogens with one attached hydrogen (secondary N) is 1. The molecule has 1 fully saturated rings. The van der Waals surface area contributed by atoms with Crippen molar-refractivity contribution in [2.24, 2.45) is 13.0 Å². The third-order valence-electron chi connectivity index (χ3n) is 4.32. The molecule has 1 aromatic heterocycles. The SMILES string of the molecule is COC(=O)[C@H](CC(C)C)NC(=O)c1cc(S(=O)(=O)N2CCOCC2)cn1C. The standard InChI is InChI=1S/C17H27N3O6S/c1-12(2)9-14(17(22)25-4)18-16(21)15-10-13(11-19(15)3)27(23,24)20-5-7-26-8-6-20/h10-12,14H,5-9H2,1-4H3,(H,18,21)/t14-/m0/s1. The lowest BCUT2D eigenvalue weighted by Gasteiger charge is -2.25. The zero-order valence-corrected chi connectivity index (χ0v) is 16.9. The van der Waals surface area contributed by atoms with Crippen LogP contribution in [0, 0.1) is 5.92 Å². The number of hydrogen-bond acceptors (Lipinski definition) is 6. The molecule has 0 unspecified atom stereocenters. The highest BCUT2D eigenvalue weighted by molar-refractivity contribution is 7.89. The van der Waals surface area contributed by atoms with Crippen LogP contribution >= 0.6 is 0 Å². The van der Waals surface area contributed by atoms with E-state index in [4.69, 9.17) is 9.47 Å². The summed E-state index contributed by atoms with van der Waals surface area (Å²) in [6, 6.07) is 0.529. The van der Waals surface area contributed by atoms with Crippen LogP contribution in [-0.4, -0.2) is 68.6 Å². The van der Waals surface area contributed by atoms with Crippen LogP contribution in [0.3, 0.4) is 0 Å². The van der Waals surface area contributed by atoms with E-state index in [1.165, 1.54) is 28.2 Å². The van der Waals surface area contributed by atoms with Crippen LogP contribution in [-0.2, 0) is 31.3 Å². The van der Waals surface area contributed by atoms with Crippen LogP contribution in [0.1, 0.15) is 30.8 Å². The summed E-state index contributed by atoms with van der Waals surface area (Å²) in [5.74, 6) is -0.899. The minimum atomic E-state index is -3.70. The molecule has 1 amide bonds. The Kier molecular flexibility index (Phi) is 7.01. The number of sulfonamides is 1. The monoisotopic (exact) mass is 401 g/mol. The van der Waals surface area contributed by atoms with E-state index < -0.39 is 27.9 Å². The van der Waals surface area contributed by atoms with E-state index in [9.17, 15) is 18.0 Å². The topological polar surface area (TPSA) is 107 Å². The second-order valence-electron chi connectivity index (χ2n) is 6.87. The van der Waals surface area contributed by atoms with Gasteiger partial charge >= 0.3 is 5.97 Å². The second-order valence-corrected chi connectivity index (χ2v) is 8.81. The molecule has 1 aliphatic rings. The second kappa shape index (κ2) is 8.85. The number of carbonyl (C=O) groups is 2. The Morgan fingerprint density at radius 2 is 1.93 bits per heavy atom. The number of morpholine rings is 1. The number of rotatable bonds is 7. The number of esters is 1. The minimum absolute atomic E-state index is 0.0375. The summed E-state index contributed by atoms with van der Waals surface area (Å²) in [5.41, 5.74) is 0.152. The molecule has 1 atom stereocenters. The first-order chi connectivity index (χ1) is 12.7. The third-order valence-corrected chi connectivity index (χ3v) is 6.18. The van der Waals surface area contributed by atoms with E-state index >= 15 is 0 Å². The van der Waals surface area contributed by atoms with Gasteiger partial charge in [-0.1, -0.05) is 13.8 Å². The molecule has 2 rings (SSSR count). The fourth-order valence-electron chi connectivity index (χ4n) is 2.90. The lowest BCUT2D eigenvalue weighted by Crippen LogP contribution is -2.42. The van der Waals surface area contributed by atoms with Crippen molar-refractivity contribution in [2.45, 2.75) is 31.2 Å². The average Bonchev–Trinajstić information content (AvgIpc) is 3.03. The van der Waals surface area contributed by atoms with Crippen molar-refractivity contribution in [1.29, 1.82) is 0 Å². The van der Waals surface area contributed by atoms with Gasteiger partial charge in [-0.2, -0.15) is 4.31 Å². The zero-order valence-electron chi connectivity index (χ0n) is 16.1. The summed E-state index contributed by atoms with van der Waals surface area (Å²) in [6.45, 7) is 5.09. The van der Waals surface area contributed by atoms with Crippen LogP contribution < -0.4 is 5.32 Å². The van der Waals surface area contributed by atoms with Crippen molar-refractivity contribution < 1.29 is 27.5 Å². The molecular weight excluding hydrogens is 374 g/mol. The third kappa shape index (κ3) is 5.08. The number of carbonyl (C=O) groups excluding carboxylic acids is 2. The molecule has 1 saturated heterocycles. The molecule has 0 saturated carbocycles. The molecule has 0 aliphatic carbocycles. The van der Waals surface area contributed by atoms with E-state index in [1.54, 1.807) is 7.05 Å². The largest absolute Gasteiger partial charge is 0.467 e. The van der Waals surface area contributed by atoms with Gasteiger partial charge < -0.3 is 19.4 Å². The fourth-order valence-corrected chi connectivity index (χ4v) is 4.38. The Morgan fingerprint density at radius 1 is 1.30 bits per heavy atom. The number of aryl methyl sites for hydroxylation is 1. The molecule has 2 heterocycles. The van der Waals surface area contributed by atoms with Gasteiger partial charge in [-0.15, -0.1) is 0 Å². The van der Waals surface area contributed by atoms with Gasteiger partial charge in [-0.25, -0.2) is 13.2 Å². The lowest BCUT2D eigenvalue weighted by molar-refractivity contribution is -0.143. The van der Waals surface area contributed by atoms with Gasteiger partial charge in [0.1, 0.15) is 16.6 Å². The summed E-state index contributed by atoms with van der Waals surface area (Å²) in [7, 11) is -0.857. The first-order valence-corrected chi connectivity index (χ1v) is 10.2. The minimum Gasteiger partial charge on any atom is -0.467 e. The van der Waals surface area contributed by atoms with Gasteiger partial charge in [-0.3, -0.25) is 4.79 Å². The molecule has 0 bridgehead atoms. The maximum atomic E-state index is 12.7. The summed E-state index contributed by atoms with van der Waals surface area (Å²) in [4.78, 5) is 24.6. The molecular formula is C17H27N3O6S. The Morgan fingerprint density at radius 3 is 2.48 bits per heavy atom. The molecule has 152 valence electrons. The maximum Gasteiger partial charge on any atom is 0.328 e. The Hall–Kier alpha value is -1.91. The van der Waals surface area contributed by atoms with Gasteiger partial charge in [0, 0.05) is 26.3 Å². The van der Waals surface area contributed by atoms with Crippen LogP contribution in [0.2, 0.25) is 0 Å². The number of amides is 1. The normalized spacial score (nSPS) is 16.9. The van der Waals surface area contributed by atoms with Crippen molar-refractivity contribution in [3.8, 4) is 0 Å². The van der Waals surface area contributed by atoms with Gasteiger partial charge in [0.25, 0.3) is 5.91 Å². The van der Waals surface area contributed by atoms with Crippen molar-refractivity contribution in [2.75, 3.05) is 33.4 Å². The highest BCUT2D eigenvalue weighted by Crippen LogP contribution is 2.20. The summed E-state index contributed by atoms with van der Waals surface area (Å²) >= 11 is 0. The molecule has 0 radical (unpaired) electrons. The Balaban J connectivity index is 2.21. The number of hydrogen-bond donors (Lipinski definition) is 1. The molecule has 1 aromatic rings. The highest BCUT2D eigenvalue weighted by atomic mass is 32.2. The number of ether oxygens (including phenoxy) is 2. The van der Waals surface area contributed by atoms with Gasteiger partial charge in [0.15, 0.2) is 0 Å². The van der Waals surface area contributed by atoms with E-state index in [0.29, 0.717) is 19.6 Å². The van der Waals surface area contributed by atoms with E-state index in [0.717, 1.165) is 0 Å². The van der Waals surface area contributed by atoms with Crippen molar-refractivity contribution in [3.63, 3.8) is 0 Å². The lowest BCUT2D eigenvalue weighted by atomic mass is 10.0. The Labute approximate surface area is 159 Å². The smallest absolute Gasteiger partial charge is 0.328 e. The van der Waals surface area contributed by atoms with Crippen LogP contribution in [0.5, 0.6) is 0 Å². The molecule has 10 heteroatoms. The summed E-state index contributed by atoms with van der Waals surface area (Å²) in [6.07, 6.45) is 1.82. The van der Waals surface area contributed by atoms with Crippen LogP contribution in [0.4, 0.5) is 0 Å². The number of nitrogens with zero attached hydrogens (tertiary/aromatic N) is 2. The first kappa shape index (κ1) is 21.4. The fraction of sp³-hybridized carbons (Fsp3) is 0.647. The Bertz CT molecular complexity index is 781. The molecule has 0 aromatic carbocycles. The van der Waals surface area contributed by atoms with Crippen LogP contribution in [0.25, 0.3) is 0 Å². The van der Waals surface area contributed by atoms with Crippen LogP contribution in [0.15, 0.2) is 17.2 Å². The van der Waals surface area contributed by atoms with E-state index in [2.05, 4.69) is 5.32 Å².